The number of aromatic nitrogens is 2. The van der Waals surface area contributed by atoms with Crippen LogP contribution >= 0.6 is 0 Å². The molecule has 1 unspecified atom stereocenters. The van der Waals surface area contributed by atoms with E-state index in [0.29, 0.717) is 11.7 Å². The Bertz CT molecular complexity index is 647. The fraction of sp³-hybridized carbons (Fsp3) is 0.467. The van der Waals surface area contributed by atoms with Crippen molar-refractivity contribution >= 4 is 5.69 Å². The van der Waals surface area contributed by atoms with Crippen LogP contribution < -0.4 is 10.6 Å². The quantitative estimate of drug-likeness (QED) is 0.923. The lowest BCUT2D eigenvalue weighted by atomic mass is 10.0. The first-order valence-electron chi connectivity index (χ1n) is 7.15. The summed E-state index contributed by atoms with van der Waals surface area (Å²) in [5, 5.41) is 4.04. The predicted octanol–water partition coefficient (Wildman–Crippen LogP) is 1.99. The van der Waals surface area contributed by atoms with E-state index in [1.165, 1.54) is 11.3 Å². The number of benzene rings is 1. The number of likely N-dealkylation sites (N-methyl/N-ethyl adjacent to an activating group) is 1. The molecule has 0 saturated heterocycles. The smallest absolute Gasteiger partial charge is 0.229 e. The van der Waals surface area contributed by atoms with Gasteiger partial charge in [0.25, 0.3) is 0 Å². The van der Waals surface area contributed by atoms with Gasteiger partial charge in [0.2, 0.25) is 5.89 Å². The maximum atomic E-state index is 6.28. The van der Waals surface area contributed by atoms with E-state index in [-0.39, 0.29) is 6.04 Å². The van der Waals surface area contributed by atoms with Crippen molar-refractivity contribution in [2.24, 2.45) is 5.73 Å². The molecule has 0 bridgehead atoms. The number of nitrogens with zero attached hydrogens (tertiary/aromatic N) is 3. The zero-order valence-electron chi connectivity index (χ0n) is 11.5. The van der Waals surface area contributed by atoms with E-state index in [1.54, 1.807) is 0 Å². The summed E-state index contributed by atoms with van der Waals surface area (Å²) < 4.78 is 5.29. The van der Waals surface area contributed by atoms with Gasteiger partial charge in [0, 0.05) is 25.2 Å². The zero-order valence-corrected chi connectivity index (χ0v) is 11.5. The molecule has 1 saturated carbocycles. The van der Waals surface area contributed by atoms with Gasteiger partial charge in [0.05, 0.1) is 6.04 Å². The third-order valence-corrected chi connectivity index (χ3v) is 4.25. The van der Waals surface area contributed by atoms with Crippen molar-refractivity contribution in [3.8, 4) is 0 Å². The molecule has 0 amide bonds. The first-order valence-corrected chi connectivity index (χ1v) is 7.15. The van der Waals surface area contributed by atoms with E-state index in [0.717, 1.165) is 37.3 Å². The van der Waals surface area contributed by atoms with Crippen molar-refractivity contribution in [2.75, 3.05) is 18.5 Å². The molecular formula is C15H18N4O. The Hall–Kier alpha value is -1.88. The van der Waals surface area contributed by atoms with Gasteiger partial charge in [-0.25, -0.2) is 0 Å². The Kier molecular flexibility index (Phi) is 2.57. The van der Waals surface area contributed by atoms with Crippen LogP contribution in [0.15, 0.2) is 22.7 Å². The summed E-state index contributed by atoms with van der Waals surface area (Å²) in [5.74, 6) is 1.81. The molecule has 20 heavy (non-hydrogen) atoms. The van der Waals surface area contributed by atoms with Gasteiger partial charge in [-0.15, -0.1) is 0 Å². The molecule has 104 valence electrons. The number of rotatable bonds is 3. The molecule has 2 aliphatic rings. The molecule has 1 aromatic carbocycles. The van der Waals surface area contributed by atoms with Crippen LogP contribution in [-0.4, -0.2) is 23.7 Å². The third-order valence-electron chi connectivity index (χ3n) is 4.25. The zero-order chi connectivity index (χ0) is 13.7. The Labute approximate surface area is 117 Å². The Morgan fingerprint density at radius 2 is 2.25 bits per heavy atom. The fourth-order valence-electron chi connectivity index (χ4n) is 2.80. The highest BCUT2D eigenvalue weighted by Gasteiger charge is 2.30. The summed E-state index contributed by atoms with van der Waals surface area (Å²) >= 11 is 0. The van der Waals surface area contributed by atoms with Gasteiger partial charge in [-0.3, -0.25) is 0 Å². The van der Waals surface area contributed by atoms with Crippen molar-refractivity contribution in [1.29, 1.82) is 0 Å². The lowest BCUT2D eigenvalue weighted by Crippen LogP contribution is -2.14. The normalized spacial score (nSPS) is 19.2. The minimum absolute atomic E-state index is 0.303. The van der Waals surface area contributed by atoms with E-state index in [2.05, 4.69) is 40.3 Å². The largest absolute Gasteiger partial charge is 0.374 e. The first-order chi connectivity index (χ1) is 9.72. The van der Waals surface area contributed by atoms with Crippen molar-refractivity contribution < 1.29 is 4.52 Å². The Morgan fingerprint density at radius 1 is 1.40 bits per heavy atom. The number of hydrogen-bond acceptors (Lipinski definition) is 5. The first kappa shape index (κ1) is 11.9. The van der Waals surface area contributed by atoms with E-state index >= 15 is 0 Å². The molecule has 2 aromatic rings. The van der Waals surface area contributed by atoms with Gasteiger partial charge in [0.1, 0.15) is 0 Å². The topological polar surface area (TPSA) is 68.2 Å². The van der Waals surface area contributed by atoms with Crippen LogP contribution in [0.5, 0.6) is 0 Å². The van der Waals surface area contributed by atoms with Crippen molar-refractivity contribution in [1.82, 2.24) is 10.1 Å². The van der Waals surface area contributed by atoms with Crippen molar-refractivity contribution in [3.63, 3.8) is 0 Å². The molecule has 5 heteroatoms. The molecule has 2 heterocycles. The minimum atomic E-state index is -0.303. The van der Waals surface area contributed by atoms with Crippen LogP contribution in [0.3, 0.4) is 0 Å². The number of anilines is 1. The van der Waals surface area contributed by atoms with E-state index in [9.17, 15) is 0 Å². The second-order valence-corrected chi connectivity index (χ2v) is 5.80. The maximum absolute atomic E-state index is 6.28. The summed E-state index contributed by atoms with van der Waals surface area (Å²) in [7, 11) is 2.12. The van der Waals surface area contributed by atoms with Crippen molar-refractivity contribution in [2.45, 2.75) is 31.2 Å². The molecule has 1 aliphatic heterocycles. The van der Waals surface area contributed by atoms with Gasteiger partial charge in [-0.2, -0.15) is 4.98 Å². The second kappa shape index (κ2) is 4.31. The van der Waals surface area contributed by atoms with Gasteiger partial charge < -0.3 is 15.2 Å². The molecule has 5 nitrogen and oxygen atoms in total. The SMILES string of the molecule is CN1CCc2cc(C(N)c3noc(C4CC4)n3)ccc21. The average Bonchev–Trinajstić information content (AvgIpc) is 3.09. The van der Waals surface area contributed by atoms with E-state index in [1.807, 2.05) is 0 Å². The molecule has 2 N–H and O–H groups in total. The van der Waals surface area contributed by atoms with Gasteiger partial charge in [0.15, 0.2) is 5.82 Å². The number of nitrogens with two attached hydrogens (primary N) is 1. The molecule has 1 fully saturated rings. The van der Waals surface area contributed by atoms with Crippen LogP contribution in [0.4, 0.5) is 5.69 Å². The number of fused-ring (bicyclic) bond motifs is 1. The monoisotopic (exact) mass is 270 g/mol. The summed E-state index contributed by atoms with van der Waals surface area (Å²) in [4.78, 5) is 6.71. The summed E-state index contributed by atoms with van der Waals surface area (Å²) in [6.07, 6.45) is 3.38. The average molecular weight is 270 g/mol. The summed E-state index contributed by atoms with van der Waals surface area (Å²) in [5.41, 5.74) is 9.99. The van der Waals surface area contributed by atoms with Crippen LogP contribution in [0, 0.1) is 0 Å². The summed E-state index contributed by atoms with van der Waals surface area (Å²) in [6.45, 7) is 1.07. The second-order valence-electron chi connectivity index (χ2n) is 5.80. The van der Waals surface area contributed by atoms with Gasteiger partial charge in [-0.1, -0.05) is 17.3 Å². The molecule has 1 aromatic heterocycles. The van der Waals surface area contributed by atoms with Crippen LogP contribution in [0.2, 0.25) is 0 Å². The summed E-state index contributed by atoms with van der Waals surface area (Å²) in [6, 6.07) is 6.08. The van der Waals surface area contributed by atoms with Crippen molar-refractivity contribution in [3.05, 3.63) is 41.0 Å². The van der Waals surface area contributed by atoms with E-state index in [4.69, 9.17) is 10.3 Å². The minimum Gasteiger partial charge on any atom is -0.374 e. The fourth-order valence-corrected chi connectivity index (χ4v) is 2.80. The molecule has 1 aliphatic carbocycles. The highest BCUT2D eigenvalue weighted by molar-refractivity contribution is 5.59. The Balaban J connectivity index is 1.62. The lowest BCUT2D eigenvalue weighted by molar-refractivity contribution is 0.372. The molecule has 0 spiro atoms. The molecular weight excluding hydrogens is 252 g/mol. The van der Waals surface area contributed by atoms with Gasteiger partial charge in [-0.05, 0) is 36.5 Å². The van der Waals surface area contributed by atoms with E-state index < -0.39 is 0 Å². The third kappa shape index (κ3) is 1.89. The molecule has 0 radical (unpaired) electrons. The lowest BCUT2D eigenvalue weighted by Gasteiger charge is -2.13. The van der Waals surface area contributed by atoms with Crippen LogP contribution in [0.1, 0.15) is 47.6 Å². The predicted molar refractivity (Wildman–Crippen MR) is 75.7 cm³/mol. The highest BCUT2D eigenvalue weighted by Crippen LogP contribution is 2.39. The van der Waals surface area contributed by atoms with Gasteiger partial charge >= 0.3 is 0 Å². The Morgan fingerprint density at radius 3 is 3.05 bits per heavy atom. The number of hydrogen-bond donors (Lipinski definition) is 1. The molecule has 1 atom stereocenters. The highest BCUT2D eigenvalue weighted by atomic mass is 16.5. The molecule has 4 rings (SSSR count). The van der Waals surface area contributed by atoms with Crippen LogP contribution in [0.25, 0.3) is 0 Å². The van der Waals surface area contributed by atoms with Crippen LogP contribution in [-0.2, 0) is 6.42 Å². The standard InChI is InChI=1S/C15H18N4O/c1-19-7-6-10-8-11(4-5-12(10)19)13(16)14-17-15(20-18-14)9-2-3-9/h4-5,8-9,13H,2-3,6-7,16H2,1H3. The maximum Gasteiger partial charge on any atom is 0.229 e.